The van der Waals surface area contributed by atoms with Crippen LogP contribution in [0.4, 0.5) is 5.69 Å². The van der Waals surface area contributed by atoms with Gasteiger partial charge in [-0.3, -0.25) is 0 Å². The van der Waals surface area contributed by atoms with E-state index in [2.05, 4.69) is 0 Å². The van der Waals surface area contributed by atoms with Crippen molar-refractivity contribution < 1.29 is 9.47 Å². The third kappa shape index (κ3) is 3.15. The third-order valence-electron chi connectivity index (χ3n) is 2.94. The predicted octanol–water partition coefficient (Wildman–Crippen LogP) is 4.85. The summed E-state index contributed by atoms with van der Waals surface area (Å²) in [5, 5.41) is 0. The molecular formula is C18H15NO2. The molecule has 0 radical (unpaired) electrons. The van der Waals surface area contributed by atoms with Crippen LogP contribution in [-0.4, -0.2) is 0 Å². The van der Waals surface area contributed by atoms with Crippen LogP contribution in [-0.2, 0) is 0 Å². The fourth-order valence-corrected chi connectivity index (χ4v) is 1.94. The van der Waals surface area contributed by atoms with Gasteiger partial charge in [-0.15, -0.1) is 0 Å². The normalized spacial score (nSPS) is 10.1. The van der Waals surface area contributed by atoms with Gasteiger partial charge in [0.15, 0.2) is 11.5 Å². The Balaban J connectivity index is 1.92. The predicted molar refractivity (Wildman–Crippen MR) is 83.9 cm³/mol. The first kappa shape index (κ1) is 13.1. The van der Waals surface area contributed by atoms with Crippen molar-refractivity contribution in [2.24, 2.45) is 0 Å². The van der Waals surface area contributed by atoms with Crippen LogP contribution in [0.1, 0.15) is 0 Å². The van der Waals surface area contributed by atoms with Crippen LogP contribution < -0.4 is 15.2 Å². The first-order valence-corrected chi connectivity index (χ1v) is 6.67. The molecular weight excluding hydrogens is 262 g/mol. The summed E-state index contributed by atoms with van der Waals surface area (Å²) in [6, 6.07) is 24.5. The minimum absolute atomic E-state index is 0.521. The van der Waals surface area contributed by atoms with E-state index < -0.39 is 0 Å². The topological polar surface area (TPSA) is 44.5 Å². The number of ether oxygens (including phenoxy) is 2. The second-order valence-corrected chi connectivity index (χ2v) is 4.50. The molecule has 0 amide bonds. The highest BCUT2D eigenvalue weighted by Crippen LogP contribution is 2.39. The van der Waals surface area contributed by atoms with E-state index in [1.54, 1.807) is 6.07 Å². The van der Waals surface area contributed by atoms with E-state index in [1.165, 1.54) is 0 Å². The molecule has 21 heavy (non-hydrogen) atoms. The SMILES string of the molecule is Nc1cccc(Oc2ccccc2)c1Oc1ccccc1. The second-order valence-electron chi connectivity index (χ2n) is 4.50. The Labute approximate surface area is 123 Å². The molecule has 0 heterocycles. The number of para-hydroxylation sites is 3. The summed E-state index contributed by atoms with van der Waals surface area (Å²) in [4.78, 5) is 0. The molecule has 0 saturated carbocycles. The van der Waals surface area contributed by atoms with Gasteiger partial charge in [-0.2, -0.15) is 0 Å². The molecule has 0 aliphatic heterocycles. The first-order chi connectivity index (χ1) is 10.3. The number of nitrogen functional groups attached to an aromatic ring is 1. The van der Waals surface area contributed by atoms with Crippen molar-refractivity contribution in [3.8, 4) is 23.0 Å². The average molecular weight is 277 g/mol. The number of rotatable bonds is 4. The van der Waals surface area contributed by atoms with Crippen molar-refractivity contribution in [2.75, 3.05) is 5.73 Å². The molecule has 3 nitrogen and oxygen atoms in total. The molecule has 0 unspecified atom stereocenters. The number of hydrogen-bond acceptors (Lipinski definition) is 3. The fourth-order valence-electron chi connectivity index (χ4n) is 1.94. The van der Waals surface area contributed by atoms with Gasteiger partial charge in [-0.25, -0.2) is 0 Å². The molecule has 0 atom stereocenters. The van der Waals surface area contributed by atoms with Crippen LogP contribution >= 0.6 is 0 Å². The summed E-state index contributed by atoms with van der Waals surface area (Å²) in [5.74, 6) is 2.56. The number of anilines is 1. The summed E-state index contributed by atoms with van der Waals surface area (Å²) in [6.45, 7) is 0. The Bertz CT molecular complexity index is 712. The van der Waals surface area contributed by atoms with E-state index >= 15 is 0 Å². The summed E-state index contributed by atoms with van der Waals surface area (Å²) in [5.41, 5.74) is 6.55. The lowest BCUT2D eigenvalue weighted by Crippen LogP contribution is -1.95. The van der Waals surface area contributed by atoms with E-state index in [-0.39, 0.29) is 0 Å². The van der Waals surface area contributed by atoms with Gasteiger partial charge in [0.1, 0.15) is 11.5 Å². The van der Waals surface area contributed by atoms with Gasteiger partial charge >= 0.3 is 0 Å². The maximum Gasteiger partial charge on any atom is 0.192 e. The zero-order valence-electron chi connectivity index (χ0n) is 11.4. The Hall–Kier alpha value is -2.94. The smallest absolute Gasteiger partial charge is 0.192 e. The lowest BCUT2D eigenvalue weighted by atomic mass is 10.2. The molecule has 3 heteroatoms. The summed E-state index contributed by atoms with van der Waals surface area (Å²) >= 11 is 0. The van der Waals surface area contributed by atoms with Gasteiger partial charge < -0.3 is 15.2 Å². The Kier molecular flexibility index (Phi) is 3.74. The fraction of sp³-hybridized carbons (Fsp3) is 0. The molecule has 3 aromatic rings. The van der Waals surface area contributed by atoms with Crippen LogP contribution in [0.5, 0.6) is 23.0 Å². The maximum absolute atomic E-state index is 6.02. The van der Waals surface area contributed by atoms with Gasteiger partial charge in [0.2, 0.25) is 0 Å². The van der Waals surface area contributed by atoms with Gasteiger partial charge in [-0.05, 0) is 36.4 Å². The molecule has 0 saturated heterocycles. The minimum Gasteiger partial charge on any atom is -0.453 e. The highest BCUT2D eigenvalue weighted by Gasteiger charge is 2.11. The highest BCUT2D eigenvalue weighted by molar-refractivity contribution is 5.62. The summed E-state index contributed by atoms with van der Waals surface area (Å²) in [7, 11) is 0. The monoisotopic (exact) mass is 277 g/mol. The molecule has 3 rings (SSSR count). The van der Waals surface area contributed by atoms with Gasteiger partial charge in [0.25, 0.3) is 0 Å². The number of benzene rings is 3. The van der Waals surface area contributed by atoms with Gasteiger partial charge in [-0.1, -0.05) is 42.5 Å². The lowest BCUT2D eigenvalue weighted by Gasteiger charge is -2.14. The van der Waals surface area contributed by atoms with E-state index in [0.29, 0.717) is 22.9 Å². The molecule has 0 aliphatic carbocycles. The standard InChI is InChI=1S/C18H15NO2/c19-16-12-7-13-17(20-14-8-3-1-4-9-14)18(16)21-15-10-5-2-6-11-15/h1-13H,19H2. The van der Waals surface area contributed by atoms with E-state index in [4.69, 9.17) is 15.2 Å². The molecule has 3 aromatic carbocycles. The van der Waals surface area contributed by atoms with Crippen molar-refractivity contribution in [2.45, 2.75) is 0 Å². The first-order valence-electron chi connectivity index (χ1n) is 6.67. The molecule has 0 aliphatic rings. The zero-order valence-corrected chi connectivity index (χ0v) is 11.4. The quantitative estimate of drug-likeness (QED) is 0.693. The van der Waals surface area contributed by atoms with Crippen LogP contribution in [0, 0.1) is 0 Å². The second kappa shape index (κ2) is 6.01. The summed E-state index contributed by atoms with van der Waals surface area (Å²) < 4.78 is 11.7. The van der Waals surface area contributed by atoms with Crippen LogP contribution in [0.3, 0.4) is 0 Å². The van der Waals surface area contributed by atoms with E-state index in [0.717, 1.165) is 5.75 Å². The maximum atomic E-state index is 6.02. The van der Waals surface area contributed by atoms with Crippen molar-refractivity contribution in [1.29, 1.82) is 0 Å². The molecule has 2 N–H and O–H groups in total. The summed E-state index contributed by atoms with van der Waals surface area (Å²) in [6.07, 6.45) is 0. The molecule has 0 aromatic heterocycles. The van der Waals surface area contributed by atoms with E-state index in [9.17, 15) is 0 Å². The molecule has 0 fully saturated rings. The van der Waals surface area contributed by atoms with Crippen LogP contribution in [0.25, 0.3) is 0 Å². The van der Waals surface area contributed by atoms with Crippen LogP contribution in [0.2, 0.25) is 0 Å². The minimum atomic E-state index is 0.521. The third-order valence-corrected chi connectivity index (χ3v) is 2.94. The van der Waals surface area contributed by atoms with Gasteiger partial charge in [0.05, 0.1) is 5.69 Å². The molecule has 0 spiro atoms. The van der Waals surface area contributed by atoms with Crippen molar-refractivity contribution in [1.82, 2.24) is 0 Å². The van der Waals surface area contributed by atoms with Crippen molar-refractivity contribution in [3.05, 3.63) is 78.9 Å². The van der Waals surface area contributed by atoms with Crippen molar-refractivity contribution >= 4 is 5.69 Å². The number of hydrogen-bond donors (Lipinski definition) is 1. The molecule has 104 valence electrons. The lowest BCUT2D eigenvalue weighted by molar-refractivity contribution is 0.420. The number of nitrogens with two attached hydrogens (primary N) is 1. The Morgan fingerprint density at radius 3 is 1.76 bits per heavy atom. The van der Waals surface area contributed by atoms with Crippen LogP contribution in [0.15, 0.2) is 78.9 Å². The average Bonchev–Trinajstić information content (AvgIpc) is 2.53. The van der Waals surface area contributed by atoms with E-state index in [1.807, 2.05) is 72.8 Å². The van der Waals surface area contributed by atoms with Gasteiger partial charge in [0, 0.05) is 0 Å². The Morgan fingerprint density at radius 2 is 1.14 bits per heavy atom. The highest BCUT2D eigenvalue weighted by atomic mass is 16.5. The zero-order chi connectivity index (χ0) is 14.5. The Morgan fingerprint density at radius 1 is 0.571 bits per heavy atom. The largest absolute Gasteiger partial charge is 0.453 e. The molecule has 0 bridgehead atoms. The van der Waals surface area contributed by atoms with Crippen molar-refractivity contribution in [3.63, 3.8) is 0 Å².